The van der Waals surface area contributed by atoms with E-state index in [1.807, 2.05) is 11.0 Å². The van der Waals surface area contributed by atoms with Gasteiger partial charge in [0, 0.05) is 55.4 Å². The first-order chi connectivity index (χ1) is 20.1. The van der Waals surface area contributed by atoms with Crippen LogP contribution in [-0.4, -0.2) is 52.3 Å². The Balaban J connectivity index is 1.66. The molecule has 43 heavy (non-hydrogen) atoms. The molecule has 8 nitrogen and oxygen atoms in total. The molecule has 13 heteroatoms. The zero-order valence-electron chi connectivity index (χ0n) is 24.7. The Morgan fingerprint density at radius 2 is 1.93 bits per heavy atom. The highest BCUT2D eigenvalue weighted by Crippen LogP contribution is 2.54. The highest BCUT2D eigenvalue weighted by molar-refractivity contribution is 6.35. The van der Waals surface area contributed by atoms with E-state index < -0.39 is 23.7 Å². The van der Waals surface area contributed by atoms with Gasteiger partial charge in [0.15, 0.2) is 5.54 Å². The summed E-state index contributed by atoms with van der Waals surface area (Å²) in [5, 5.41) is 16.8. The van der Waals surface area contributed by atoms with Crippen LogP contribution in [0, 0.1) is 29.6 Å². The van der Waals surface area contributed by atoms with Gasteiger partial charge in [-0.2, -0.15) is 22.8 Å². The van der Waals surface area contributed by atoms with Gasteiger partial charge in [-0.15, -0.1) is 5.53 Å². The molecule has 0 bridgehead atoms. The number of nitrogens with zero attached hydrogens (tertiary/aromatic N) is 6. The lowest BCUT2D eigenvalue weighted by molar-refractivity contribution is -0.200. The second-order valence-electron chi connectivity index (χ2n) is 12.3. The largest absolute Gasteiger partial charge is 0.413 e. The Morgan fingerprint density at radius 3 is 2.51 bits per heavy atom. The monoisotopic (exact) mass is 616 g/mol. The van der Waals surface area contributed by atoms with Crippen molar-refractivity contribution in [3.8, 4) is 6.07 Å². The second kappa shape index (κ2) is 10.7. The molecule has 5 rings (SSSR count). The minimum atomic E-state index is -4.44. The molecule has 3 aromatic rings. The molecule has 0 amide bonds. The van der Waals surface area contributed by atoms with Crippen LogP contribution >= 0.6 is 11.6 Å². The van der Waals surface area contributed by atoms with Gasteiger partial charge in [0.1, 0.15) is 6.07 Å². The van der Waals surface area contributed by atoms with Crippen LogP contribution < -0.4 is 15.8 Å². The summed E-state index contributed by atoms with van der Waals surface area (Å²) in [5.41, 5.74) is 4.25. The molecular formula is C30H33ClF4N8. The summed E-state index contributed by atoms with van der Waals surface area (Å²) in [5.74, 6) is -0.663. The fraction of sp³-hybridized carbons (Fsp3) is 0.433. The maximum atomic E-state index is 14.1. The van der Waals surface area contributed by atoms with E-state index in [1.165, 1.54) is 23.5 Å². The van der Waals surface area contributed by atoms with Gasteiger partial charge >= 0.3 is 6.18 Å². The molecule has 2 aliphatic rings. The number of hydrogen-bond acceptors (Lipinski definition) is 8. The quantitative estimate of drug-likeness (QED) is 0.221. The molecule has 1 aliphatic carbocycles. The van der Waals surface area contributed by atoms with Gasteiger partial charge in [-0.1, -0.05) is 38.4 Å². The number of rotatable bonds is 7. The summed E-state index contributed by atoms with van der Waals surface area (Å²) in [7, 11) is 3.42. The molecule has 0 radical (unpaired) electrons. The van der Waals surface area contributed by atoms with Crippen LogP contribution in [0.25, 0.3) is 10.9 Å². The normalized spacial score (nSPS) is 17.1. The molecule has 3 heterocycles. The zero-order valence-corrected chi connectivity index (χ0v) is 25.5. The number of hydrazine groups is 2. The number of aryl methyl sites for hydroxylation is 1. The van der Waals surface area contributed by atoms with Crippen molar-refractivity contribution in [3.63, 3.8) is 0 Å². The number of hydrogen-bond donors (Lipinski definition) is 2. The van der Waals surface area contributed by atoms with Crippen LogP contribution in [0.5, 0.6) is 0 Å². The molecule has 1 aliphatic heterocycles. The summed E-state index contributed by atoms with van der Waals surface area (Å²) >= 11 is 6.76. The van der Waals surface area contributed by atoms with Crippen molar-refractivity contribution in [2.75, 3.05) is 30.9 Å². The third-order valence-corrected chi connectivity index (χ3v) is 8.19. The highest BCUT2D eigenvalue weighted by atomic mass is 35.5. The van der Waals surface area contributed by atoms with Crippen molar-refractivity contribution in [1.29, 1.82) is 5.26 Å². The predicted molar refractivity (Wildman–Crippen MR) is 158 cm³/mol. The highest BCUT2D eigenvalue weighted by Gasteiger charge is 2.68. The van der Waals surface area contributed by atoms with Gasteiger partial charge in [-0.25, -0.2) is 4.98 Å². The van der Waals surface area contributed by atoms with Crippen LogP contribution in [0.15, 0.2) is 42.4 Å². The van der Waals surface area contributed by atoms with E-state index in [2.05, 4.69) is 47.7 Å². The number of nitriles is 1. The average Bonchev–Trinajstić information content (AvgIpc) is 3.66. The first kappa shape index (κ1) is 30.6. The second-order valence-corrected chi connectivity index (χ2v) is 12.7. The van der Waals surface area contributed by atoms with Gasteiger partial charge in [-0.3, -0.25) is 15.0 Å². The van der Waals surface area contributed by atoms with Crippen LogP contribution in [0.2, 0.25) is 5.02 Å². The number of anilines is 2. The first-order valence-electron chi connectivity index (χ1n) is 13.8. The predicted octanol–water partition coefficient (Wildman–Crippen LogP) is 6.84. The average molecular weight is 617 g/mol. The summed E-state index contributed by atoms with van der Waals surface area (Å²) in [6.45, 7) is 8.43. The molecule has 2 aromatic heterocycles. The van der Waals surface area contributed by atoms with Gasteiger partial charge in [0.2, 0.25) is 5.95 Å². The molecule has 228 valence electrons. The number of halogens is 5. The standard InChI is InChI=1S/C30H33ClF4N8/c1-17-20(7-8-24(32)39-17)27(23-15-43(40-42(23)6)29(9-10-29)30(33,34)35)41(5)19-11-21-25(38-16-28(2,3)4)18(13-36)14-37-26(21)22(31)12-19/h7-8,11-12,14-15,27,40H,9-10,16H2,1-6H3,(H,37,38)/t27-/m0/s1. The fourth-order valence-electron chi connectivity index (χ4n) is 5.34. The van der Waals surface area contributed by atoms with Crippen molar-refractivity contribution in [1.82, 2.24) is 25.5 Å². The Morgan fingerprint density at radius 1 is 1.23 bits per heavy atom. The molecular weight excluding hydrogens is 584 g/mol. The van der Waals surface area contributed by atoms with Crippen LogP contribution in [-0.2, 0) is 0 Å². The molecule has 0 unspecified atom stereocenters. The SMILES string of the molecule is Cc1nc(F)ccc1[C@@H](C1=CN(C2(C(F)(F)F)CC2)NN1C)N(C)c1cc(Cl)c2ncc(C#N)c(NCC(C)(C)C)c2c1. The summed E-state index contributed by atoms with van der Waals surface area (Å²) in [6.07, 6.45) is -1.56. The van der Waals surface area contributed by atoms with Crippen LogP contribution in [0.1, 0.15) is 56.5 Å². The van der Waals surface area contributed by atoms with Gasteiger partial charge in [0.05, 0.1) is 33.5 Å². The Bertz CT molecular complexity index is 1640. The first-order valence-corrected chi connectivity index (χ1v) is 14.1. The number of pyridine rings is 2. The van der Waals surface area contributed by atoms with Gasteiger partial charge in [0.25, 0.3) is 0 Å². The van der Waals surface area contributed by atoms with E-state index in [4.69, 9.17) is 11.6 Å². The number of alkyl halides is 3. The van der Waals surface area contributed by atoms with Crippen molar-refractivity contribution in [2.24, 2.45) is 5.41 Å². The zero-order chi connectivity index (χ0) is 31.5. The molecule has 0 spiro atoms. The summed E-state index contributed by atoms with van der Waals surface area (Å²) in [6, 6.07) is 7.87. The Hall–Kier alpha value is -3.82. The number of aromatic nitrogens is 2. The van der Waals surface area contributed by atoms with E-state index in [1.54, 1.807) is 33.2 Å². The molecule has 2 N–H and O–H groups in total. The van der Waals surface area contributed by atoms with Gasteiger partial charge < -0.3 is 10.2 Å². The lowest BCUT2D eigenvalue weighted by Crippen LogP contribution is -2.52. The number of benzene rings is 1. The topological polar surface area (TPSA) is 83.4 Å². The van der Waals surface area contributed by atoms with Crippen molar-refractivity contribution >= 4 is 33.9 Å². The smallest absolute Gasteiger partial charge is 0.383 e. The summed E-state index contributed by atoms with van der Waals surface area (Å²) < 4.78 is 56.2. The number of nitrogens with one attached hydrogen (secondary N) is 2. The van der Waals surface area contributed by atoms with Crippen molar-refractivity contribution in [3.05, 3.63) is 70.2 Å². The fourth-order valence-corrected chi connectivity index (χ4v) is 5.61. The van der Waals surface area contributed by atoms with Crippen LogP contribution in [0.3, 0.4) is 0 Å². The summed E-state index contributed by atoms with van der Waals surface area (Å²) in [4.78, 5) is 10.3. The molecule has 1 saturated carbocycles. The molecule has 1 fully saturated rings. The maximum Gasteiger partial charge on any atom is 0.413 e. The van der Waals surface area contributed by atoms with E-state index >= 15 is 0 Å². The van der Waals surface area contributed by atoms with E-state index in [0.717, 1.165) is 5.01 Å². The van der Waals surface area contributed by atoms with Gasteiger partial charge in [-0.05, 0) is 43.4 Å². The number of fused-ring (bicyclic) bond motifs is 1. The maximum absolute atomic E-state index is 14.1. The molecule has 1 aromatic carbocycles. The van der Waals surface area contributed by atoms with E-state index in [0.29, 0.717) is 56.4 Å². The van der Waals surface area contributed by atoms with Crippen molar-refractivity contribution in [2.45, 2.75) is 58.3 Å². The Kier molecular flexibility index (Phi) is 7.63. The third kappa shape index (κ3) is 5.63. The third-order valence-electron chi connectivity index (χ3n) is 7.91. The minimum absolute atomic E-state index is 0.0302. The van der Waals surface area contributed by atoms with Crippen LogP contribution in [0.4, 0.5) is 28.9 Å². The lowest BCUT2D eigenvalue weighted by Gasteiger charge is -2.35. The Labute approximate surface area is 252 Å². The lowest BCUT2D eigenvalue weighted by atomic mass is 9.96. The minimum Gasteiger partial charge on any atom is -0.383 e. The van der Waals surface area contributed by atoms with Crippen molar-refractivity contribution < 1.29 is 17.6 Å². The molecule has 0 saturated heterocycles. The number of likely N-dealkylation sites (N-methyl/N-ethyl adjacent to an activating group) is 2. The van der Waals surface area contributed by atoms with E-state index in [-0.39, 0.29) is 18.3 Å². The molecule has 1 atom stereocenters. The van der Waals surface area contributed by atoms with E-state index in [9.17, 15) is 22.8 Å².